The highest BCUT2D eigenvalue weighted by Gasteiger charge is 2.05. The number of imidazole rings is 2. The maximum absolute atomic E-state index is 7.96. The molecule has 0 spiro atoms. The summed E-state index contributed by atoms with van der Waals surface area (Å²) in [5.74, 6) is 3.32. The molecule has 0 radical (unpaired) electrons. The molecule has 0 aliphatic rings. The number of anilines is 2. The molecule has 5 heterocycles. The Labute approximate surface area is 252 Å². The predicted octanol–water partition coefficient (Wildman–Crippen LogP) is 5.09. The quantitative estimate of drug-likeness (QED) is 0.0767. The second kappa shape index (κ2) is 19.1. The Balaban J connectivity index is 0.000000325. The van der Waals surface area contributed by atoms with Crippen molar-refractivity contribution in [2.24, 2.45) is 5.11 Å². The fourth-order valence-corrected chi connectivity index (χ4v) is 4.51. The number of nitrogen functional groups attached to an aromatic ring is 2. The van der Waals surface area contributed by atoms with Gasteiger partial charge in [-0.3, -0.25) is 4.68 Å². The molecule has 0 saturated carbocycles. The van der Waals surface area contributed by atoms with E-state index in [0.29, 0.717) is 31.3 Å². The van der Waals surface area contributed by atoms with Gasteiger partial charge in [0, 0.05) is 42.0 Å². The molecule has 0 fully saturated rings. The Morgan fingerprint density at radius 2 is 1.62 bits per heavy atom. The van der Waals surface area contributed by atoms with Gasteiger partial charge in [-0.1, -0.05) is 10.3 Å². The van der Waals surface area contributed by atoms with E-state index in [4.69, 9.17) is 23.4 Å². The molecule has 0 atom stereocenters. The minimum atomic E-state index is 0. The lowest BCUT2D eigenvalue weighted by atomic mass is 10.2. The summed E-state index contributed by atoms with van der Waals surface area (Å²) in [4.78, 5) is 16.2. The van der Waals surface area contributed by atoms with E-state index in [2.05, 4.69) is 68.4 Å². The largest absolute Gasteiger partial charge is 0.369 e. The van der Waals surface area contributed by atoms with Crippen LogP contribution in [0.2, 0.25) is 0 Å². The second-order valence-electron chi connectivity index (χ2n) is 7.84. The molecule has 0 bridgehead atoms. The molecule has 6 N–H and O–H groups in total. The number of nitrogens with one attached hydrogen (secondary N) is 2. The Hall–Kier alpha value is -3.99. The van der Waals surface area contributed by atoms with Crippen molar-refractivity contribution in [3.63, 3.8) is 0 Å². The number of terminal acetylenes is 1. The van der Waals surface area contributed by atoms with Gasteiger partial charge in [0.25, 0.3) is 0 Å². The molecule has 0 unspecified atom stereocenters. The molecule has 0 aromatic carbocycles. The van der Waals surface area contributed by atoms with E-state index in [0.717, 1.165) is 36.5 Å². The molecular formula is C24H30Cl2N12S2. The van der Waals surface area contributed by atoms with E-state index in [1.165, 1.54) is 11.1 Å². The van der Waals surface area contributed by atoms with Crippen molar-refractivity contribution < 1.29 is 0 Å². The van der Waals surface area contributed by atoms with Crippen molar-refractivity contribution in [3.8, 4) is 12.3 Å². The number of thiophene rings is 2. The van der Waals surface area contributed by atoms with Crippen molar-refractivity contribution in [3.05, 3.63) is 90.9 Å². The zero-order valence-electron chi connectivity index (χ0n) is 21.4. The van der Waals surface area contributed by atoms with Crippen LogP contribution in [0.1, 0.15) is 28.2 Å². The smallest absolute Gasteiger partial charge is 0.197 e. The molecule has 212 valence electrons. The number of halogens is 2. The molecule has 5 rings (SSSR count). The minimum Gasteiger partial charge on any atom is -0.369 e. The number of hydrogen-bond donors (Lipinski definition) is 4. The summed E-state index contributed by atoms with van der Waals surface area (Å²) in [5.41, 5.74) is 24.1. The van der Waals surface area contributed by atoms with Crippen LogP contribution in [0.3, 0.4) is 0 Å². The predicted molar refractivity (Wildman–Crippen MR) is 166 cm³/mol. The maximum atomic E-state index is 7.96. The number of nitrogens with two attached hydrogens (primary N) is 2. The number of aromatic nitrogens is 7. The summed E-state index contributed by atoms with van der Waals surface area (Å²) in [6.45, 7) is 1.40. The van der Waals surface area contributed by atoms with E-state index < -0.39 is 0 Å². The zero-order valence-corrected chi connectivity index (χ0v) is 24.6. The summed E-state index contributed by atoms with van der Waals surface area (Å²) in [5, 5.41) is 20.0. The fourth-order valence-electron chi connectivity index (χ4n) is 3.10. The van der Waals surface area contributed by atoms with E-state index in [9.17, 15) is 0 Å². The van der Waals surface area contributed by atoms with Crippen LogP contribution in [0.25, 0.3) is 10.4 Å². The third-order valence-corrected chi connectivity index (χ3v) is 6.36. The Bertz CT molecular complexity index is 1430. The van der Waals surface area contributed by atoms with Crippen LogP contribution in [-0.2, 0) is 32.2 Å². The van der Waals surface area contributed by atoms with Crippen LogP contribution < -0.4 is 11.5 Å². The first-order valence-corrected chi connectivity index (χ1v) is 13.4. The first-order valence-electron chi connectivity index (χ1n) is 11.5. The summed E-state index contributed by atoms with van der Waals surface area (Å²) in [6.07, 6.45) is 13.4. The molecule has 12 nitrogen and oxygen atoms in total. The Kier molecular flexibility index (Phi) is 16.3. The topological polar surface area (TPSA) is 189 Å². The Morgan fingerprint density at radius 3 is 2.15 bits per heavy atom. The number of H-pyrrole nitrogens is 2. The second-order valence-corrected chi connectivity index (χ2v) is 9.40. The average molecular weight is 622 g/mol. The zero-order chi connectivity index (χ0) is 27.0. The molecule has 40 heavy (non-hydrogen) atoms. The lowest BCUT2D eigenvalue weighted by Gasteiger charge is -1.97. The number of aromatic amines is 2. The minimum absolute atomic E-state index is 0. The van der Waals surface area contributed by atoms with Crippen molar-refractivity contribution in [1.82, 2.24) is 34.9 Å². The highest BCUT2D eigenvalue weighted by Crippen LogP contribution is 2.09. The first-order chi connectivity index (χ1) is 18.6. The fraction of sp³-hybridized carbons (Fsp3) is 0.250. The third kappa shape index (κ3) is 12.7. The van der Waals surface area contributed by atoms with Gasteiger partial charge in [0.05, 0.1) is 24.5 Å². The van der Waals surface area contributed by atoms with Gasteiger partial charge < -0.3 is 21.4 Å². The van der Waals surface area contributed by atoms with Crippen LogP contribution in [0, 0.1) is 12.3 Å². The van der Waals surface area contributed by atoms with Crippen molar-refractivity contribution in [1.29, 1.82) is 0 Å². The van der Waals surface area contributed by atoms with Crippen LogP contribution in [-0.4, -0.2) is 41.5 Å². The maximum Gasteiger partial charge on any atom is 0.197 e. The van der Waals surface area contributed by atoms with Gasteiger partial charge in [-0.05, 0) is 63.2 Å². The monoisotopic (exact) mass is 620 g/mol. The number of nitrogens with zero attached hydrogens (tertiary/aromatic N) is 8. The van der Waals surface area contributed by atoms with Crippen LogP contribution in [0.15, 0.2) is 57.4 Å². The normalized spacial score (nSPS) is 9.38. The van der Waals surface area contributed by atoms with Crippen molar-refractivity contribution in [2.75, 3.05) is 18.0 Å². The molecule has 0 saturated heterocycles. The standard InChI is InChI=1S/C12H14N6S.C6H7N3S.C6H7N3.2ClH/c13-12-14-6-10(15-12)5-11-7-18(17-16-11)3-1-9-2-4-19-8-9;7-9-8-3-1-6-2-4-10-5-6;1-2-3-5-4-8-6(7)9-5;;/h2,4,6-8H,1,3,5H2,(H3,13,14,15);2,4-5H,1,3H2;1,4H,3H2,(H3,7,8,9);2*1H. The van der Waals surface area contributed by atoms with Gasteiger partial charge in [-0.25, -0.2) is 9.97 Å². The van der Waals surface area contributed by atoms with Gasteiger partial charge in [-0.15, -0.1) is 42.3 Å². The van der Waals surface area contributed by atoms with E-state index in [1.54, 1.807) is 35.1 Å². The highest BCUT2D eigenvalue weighted by atomic mass is 35.5. The number of hydrogen-bond acceptors (Lipinski definition) is 9. The van der Waals surface area contributed by atoms with Gasteiger partial charge in [0.15, 0.2) is 11.9 Å². The summed E-state index contributed by atoms with van der Waals surface area (Å²) in [6, 6.07) is 4.17. The van der Waals surface area contributed by atoms with Crippen molar-refractivity contribution >= 4 is 59.4 Å². The molecular weight excluding hydrogens is 591 g/mol. The van der Waals surface area contributed by atoms with Gasteiger partial charge in [-0.2, -0.15) is 22.7 Å². The van der Waals surface area contributed by atoms with Gasteiger partial charge >= 0.3 is 0 Å². The van der Waals surface area contributed by atoms with E-state index in [1.807, 2.05) is 22.3 Å². The number of rotatable bonds is 9. The van der Waals surface area contributed by atoms with E-state index >= 15 is 0 Å². The molecule has 5 aromatic rings. The summed E-state index contributed by atoms with van der Waals surface area (Å²) < 4.78 is 1.87. The third-order valence-electron chi connectivity index (χ3n) is 4.90. The van der Waals surface area contributed by atoms with Gasteiger partial charge in [0.2, 0.25) is 0 Å². The molecule has 0 aliphatic carbocycles. The SMILES string of the molecule is C#CCc1cnc(N)[nH]1.Cl.Cl.Nc1ncc(Cc2cn(CCc3ccsc3)nn2)[nH]1.[N-]=[N+]=NCCc1ccsc1. The number of azide groups is 1. The molecule has 0 aliphatic heterocycles. The van der Waals surface area contributed by atoms with Crippen LogP contribution in [0.4, 0.5) is 11.9 Å². The average Bonchev–Trinajstić information content (AvgIpc) is 3.73. The van der Waals surface area contributed by atoms with Crippen molar-refractivity contribution in [2.45, 2.75) is 32.2 Å². The van der Waals surface area contributed by atoms with Crippen LogP contribution >= 0.6 is 47.5 Å². The Morgan fingerprint density at radius 1 is 1.00 bits per heavy atom. The lowest BCUT2D eigenvalue weighted by molar-refractivity contribution is 0.589. The van der Waals surface area contributed by atoms with Crippen LogP contribution in [0.5, 0.6) is 0 Å². The molecule has 0 amide bonds. The van der Waals surface area contributed by atoms with E-state index in [-0.39, 0.29) is 24.8 Å². The van der Waals surface area contributed by atoms with Gasteiger partial charge in [0.1, 0.15) is 0 Å². The first kappa shape index (κ1) is 34.0. The summed E-state index contributed by atoms with van der Waals surface area (Å²) >= 11 is 3.38. The highest BCUT2D eigenvalue weighted by molar-refractivity contribution is 7.08. The lowest BCUT2D eigenvalue weighted by Crippen LogP contribution is -2.01. The number of aryl methyl sites for hydroxylation is 2. The molecule has 5 aromatic heterocycles. The summed E-state index contributed by atoms with van der Waals surface area (Å²) in [7, 11) is 0. The molecule has 16 heteroatoms.